The molecule has 1 N–H and O–H groups in total. The molecule has 5 nitrogen and oxygen atoms in total. The van der Waals surface area contributed by atoms with Gasteiger partial charge in [-0.15, -0.1) is 0 Å². The molecule has 2 aromatic carbocycles. The molecule has 0 unspecified atom stereocenters. The fraction of sp³-hybridized carbons (Fsp3) is 0.286. The zero-order valence-electron chi connectivity index (χ0n) is 14.6. The predicted octanol–water partition coefficient (Wildman–Crippen LogP) is 2.99. The maximum atomic E-state index is 12.3. The van der Waals surface area contributed by atoms with Crippen LogP contribution >= 0.6 is 0 Å². The highest BCUT2D eigenvalue weighted by Crippen LogP contribution is 2.32. The first-order valence-electron chi connectivity index (χ1n) is 8.71. The van der Waals surface area contributed by atoms with Gasteiger partial charge in [0.1, 0.15) is 0 Å². The van der Waals surface area contributed by atoms with Crippen LogP contribution in [0.15, 0.2) is 54.6 Å². The number of carbonyl (C=O) groups excluding carboxylic acids is 3. The number of amides is 1. The standard InChI is InChI=1S/C21H21NO4/c1-14(15-7-8-15)22-19(23)13-26-21(25)18-11-9-17(10-12-18)20(24)16-5-3-2-4-6-16/h2-6,9-12,14-15H,7-8,13H2,1H3,(H,22,23)/t14-/m1/s1. The third-order valence-electron chi connectivity index (χ3n) is 4.47. The smallest absolute Gasteiger partial charge is 0.338 e. The third kappa shape index (κ3) is 4.57. The summed E-state index contributed by atoms with van der Waals surface area (Å²) in [7, 11) is 0. The van der Waals surface area contributed by atoms with Crippen molar-refractivity contribution in [1.29, 1.82) is 0 Å². The van der Waals surface area contributed by atoms with Crippen LogP contribution in [-0.2, 0) is 9.53 Å². The molecule has 5 heteroatoms. The molecule has 0 heterocycles. The molecule has 26 heavy (non-hydrogen) atoms. The molecule has 0 aromatic heterocycles. The van der Waals surface area contributed by atoms with E-state index in [1.165, 1.54) is 12.1 Å². The summed E-state index contributed by atoms with van der Waals surface area (Å²) in [4.78, 5) is 36.2. The van der Waals surface area contributed by atoms with Crippen molar-refractivity contribution in [3.63, 3.8) is 0 Å². The Bertz CT molecular complexity index is 795. The minimum absolute atomic E-state index is 0.112. The summed E-state index contributed by atoms with van der Waals surface area (Å²) < 4.78 is 5.04. The summed E-state index contributed by atoms with van der Waals surface area (Å²) in [6.07, 6.45) is 2.27. The van der Waals surface area contributed by atoms with Gasteiger partial charge in [0.15, 0.2) is 12.4 Å². The molecule has 1 atom stereocenters. The van der Waals surface area contributed by atoms with Crippen molar-refractivity contribution in [2.45, 2.75) is 25.8 Å². The van der Waals surface area contributed by atoms with E-state index in [2.05, 4.69) is 5.32 Å². The van der Waals surface area contributed by atoms with Crippen molar-refractivity contribution in [1.82, 2.24) is 5.32 Å². The van der Waals surface area contributed by atoms with Crippen LogP contribution in [0.4, 0.5) is 0 Å². The SMILES string of the molecule is C[C@@H](NC(=O)COC(=O)c1ccc(C(=O)c2ccccc2)cc1)C1CC1. The van der Waals surface area contributed by atoms with E-state index in [9.17, 15) is 14.4 Å². The van der Waals surface area contributed by atoms with E-state index < -0.39 is 5.97 Å². The first-order valence-corrected chi connectivity index (χ1v) is 8.71. The average molecular weight is 351 g/mol. The number of ketones is 1. The largest absolute Gasteiger partial charge is 0.452 e. The second-order valence-electron chi connectivity index (χ2n) is 6.54. The van der Waals surface area contributed by atoms with Crippen LogP contribution in [0.2, 0.25) is 0 Å². The first-order chi connectivity index (χ1) is 12.5. The zero-order chi connectivity index (χ0) is 18.5. The van der Waals surface area contributed by atoms with Crippen molar-refractivity contribution in [2.24, 2.45) is 5.92 Å². The molecular weight excluding hydrogens is 330 g/mol. The van der Waals surface area contributed by atoms with Crippen molar-refractivity contribution in [3.05, 3.63) is 71.3 Å². The first kappa shape index (κ1) is 17.9. The topological polar surface area (TPSA) is 72.5 Å². The quantitative estimate of drug-likeness (QED) is 0.615. The number of benzene rings is 2. The lowest BCUT2D eigenvalue weighted by Crippen LogP contribution is -2.37. The lowest BCUT2D eigenvalue weighted by molar-refractivity contribution is -0.124. The molecule has 0 radical (unpaired) electrons. The molecule has 0 bridgehead atoms. The number of ether oxygens (including phenoxy) is 1. The third-order valence-corrected chi connectivity index (χ3v) is 4.47. The van der Waals surface area contributed by atoms with Crippen LogP contribution in [0.3, 0.4) is 0 Å². The van der Waals surface area contributed by atoms with E-state index in [-0.39, 0.29) is 24.3 Å². The van der Waals surface area contributed by atoms with E-state index in [0.717, 1.165) is 12.8 Å². The Kier molecular flexibility index (Phi) is 5.46. The van der Waals surface area contributed by atoms with Crippen LogP contribution < -0.4 is 5.32 Å². The fourth-order valence-corrected chi connectivity index (χ4v) is 2.74. The van der Waals surface area contributed by atoms with Gasteiger partial charge in [-0.1, -0.05) is 42.5 Å². The van der Waals surface area contributed by atoms with Gasteiger partial charge in [0.05, 0.1) is 5.56 Å². The summed E-state index contributed by atoms with van der Waals surface area (Å²) in [6, 6.07) is 15.3. The van der Waals surface area contributed by atoms with Gasteiger partial charge < -0.3 is 10.1 Å². The fourth-order valence-electron chi connectivity index (χ4n) is 2.74. The second kappa shape index (κ2) is 7.95. The molecule has 0 saturated heterocycles. The number of nitrogens with one attached hydrogen (secondary N) is 1. The maximum Gasteiger partial charge on any atom is 0.338 e. The van der Waals surface area contributed by atoms with Gasteiger partial charge in [0.2, 0.25) is 0 Å². The van der Waals surface area contributed by atoms with Crippen molar-refractivity contribution in [3.8, 4) is 0 Å². The second-order valence-corrected chi connectivity index (χ2v) is 6.54. The number of hydrogen-bond acceptors (Lipinski definition) is 4. The van der Waals surface area contributed by atoms with Crippen molar-refractivity contribution >= 4 is 17.7 Å². The Balaban J connectivity index is 1.53. The van der Waals surface area contributed by atoms with Gasteiger partial charge in [-0.05, 0) is 37.8 Å². The molecule has 1 fully saturated rings. The number of esters is 1. The zero-order valence-corrected chi connectivity index (χ0v) is 14.6. The summed E-state index contributed by atoms with van der Waals surface area (Å²) >= 11 is 0. The van der Waals surface area contributed by atoms with Crippen LogP contribution in [-0.4, -0.2) is 30.3 Å². The Hall–Kier alpha value is -2.95. The van der Waals surface area contributed by atoms with E-state index >= 15 is 0 Å². The van der Waals surface area contributed by atoms with Gasteiger partial charge >= 0.3 is 5.97 Å². The molecule has 0 aliphatic heterocycles. The normalized spacial score (nSPS) is 14.3. The minimum atomic E-state index is -0.585. The molecule has 1 saturated carbocycles. The minimum Gasteiger partial charge on any atom is -0.452 e. The van der Waals surface area contributed by atoms with E-state index in [0.29, 0.717) is 22.6 Å². The lowest BCUT2D eigenvalue weighted by atomic mass is 10.0. The highest BCUT2D eigenvalue weighted by Gasteiger charge is 2.29. The monoisotopic (exact) mass is 351 g/mol. The maximum absolute atomic E-state index is 12.3. The molecular formula is C21H21NO4. The van der Waals surface area contributed by atoms with Crippen molar-refractivity contribution < 1.29 is 19.1 Å². The Labute approximate surface area is 152 Å². The summed E-state index contributed by atoms with van der Waals surface area (Å²) in [5.41, 5.74) is 1.38. The Morgan fingerprint density at radius 1 is 0.962 bits per heavy atom. The number of hydrogen-bond donors (Lipinski definition) is 1. The average Bonchev–Trinajstić information content (AvgIpc) is 3.52. The number of rotatable bonds is 7. The molecule has 1 amide bonds. The van der Waals surface area contributed by atoms with E-state index in [1.54, 1.807) is 36.4 Å². The lowest BCUT2D eigenvalue weighted by Gasteiger charge is -2.12. The molecule has 0 spiro atoms. The summed E-state index contributed by atoms with van der Waals surface area (Å²) in [5, 5.41) is 2.83. The van der Waals surface area contributed by atoms with Crippen LogP contribution in [0.1, 0.15) is 46.0 Å². The van der Waals surface area contributed by atoms with Gasteiger partial charge in [0.25, 0.3) is 5.91 Å². The Morgan fingerprint density at radius 2 is 1.54 bits per heavy atom. The molecule has 3 rings (SSSR count). The summed E-state index contributed by atoms with van der Waals surface area (Å²) in [6.45, 7) is 1.65. The van der Waals surface area contributed by atoms with Gasteiger partial charge in [-0.25, -0.2) is 4.79 Å². The molecule has 1 aliphatic rings. The van der Waals surface area contributed by atoms with Gasteiger partial charge in [-0.2, -0.15) is 0 Å². The summed E-state index contributed by atoms with van der Waals surface area (Å²) in [5.74, 6) is -0.449. The highest BCUT2D eigenvalue weighted by molar-refractivity contribution is 6.09. The van der Waals surface area contributed by atoms with Crippen LogP contribution in [0, 0.1) is 5.92 Å². The van der Waals surface area contributed by atoms with Crippen LogP contribution in [0.5, 0.6) is 0 Å². The highest BCUT2D eigenvalue weighted by atomic mass is 16.5. The molecule has 134 valence electrons. The molecule has 2 aromatic rings. The van der Waals surface area contributed by atoms with E-state index in [4.69, 9.17) is 4.74 Å². The molecule has 1 aliphatic carbocycles. The Morgan fingerprint density at radius 3 is 2.15 bits per heavy atom. The number of carbonyl (C=O) groups is 3. The van der Waals surface area contributed by atoms with Crippen molar-refractivity contribution in [2.75, 3.05) is 6.61 Å². The van der Waals surface area contributed by atoms with E-state index in [1.807, 2.05) is 13.0 Å². The van der Waals surface area contributed by atoms with Gasteiger partial charge in [-0.3, -0.25) is 9.59 Å². The van der Waals surface area contributed by atoms with Gasteiger partial charge in [0, 0.05) is 17.2 Å². The predicted molar refractivity (Wildman–Crippen MR) is 96.9 cm³/mol. The van der Waals surface area contributed by atoms with Crippen LogP contribution in [0.25, 0.3) is 0 Å².